The van der Waals surface area contributed by atoms with Gasteiger partial charge in [-0.1, -0.05) is 47.7 Å². The zero-order valence-corrected chi connectivity index (χ0v) is 21.9. The first-order chi connectivity index (χ1) is 18.0. The molecule has 3 aromatic carbocycles. The molecule has 1 N–H and O–H groups in total. The summed E-state index contributed by atoms with van der Waals surface area (Å²) in [4.78, 5) is 32.3. The Bertz CT molecular complexity index is 1480. The summed E-state index contributed by atoms with van der Waals surface area (Å²) in [5, 5.41) is 15.1. The zero-order valence-electron chi connectivity index (χ0n) is 20.3. The zero-order chi connectivity index (χ0) is 25.8. The van der Waals surface area contributed by atoms with E-state index in [9.17, 15) is 14.9 Å². The van der Waals surface area contributed by atoms with E-state index in [1.165, 1.54) is 28.8 Å². The Hall–Kier alpha value is -3.75. The number of rotatable bonds is 7. The highest BCUT2D eigenvalue weighted by Gasteiger charge is 2.25. The Balaban J connectivity index is 1.51. The minimum Gasteiger partial charge on any atom is -0.322 e. The monoisotopic (exact) mass is 527 g/mol. The van der Waals surface area contributed by atoms with E-state index in [4.69, 9.17) is 4.99 Å². The van der Waals surface area contributed by atoms with E-state index < -0.39 is 4.92 Å². The van der Waals surface area contributed by atoms with Crippen molar-refractivity contribution in [3.05, 3.63) is 110 Å². The summed E-state index contributed by atoms with van der Waals surface area (Å²) in [5.74, 6) is -0.175. The third-order valence-corrected chi connectivity index (χ3v) is 8.48. The molecule has 5 rings (SSSR count). The number of nitro benzene ring substituents is 1. The summed E-state index contributed by atoms with van der Waals surface area (Å²) >= 11 is 3.07. The summed E-state index contributed by atoms with van der Waals surface area (Å²) in [6, 6.07) is 22.3. The smallest absolute Gasteiger partial charge is 0.270 e. The SMILES string of the molecule is Cc1ccc(Sc2ccc([N+](=O)[O-])cc2C=Nc2sc3c(c2C(=O)Nc2ccccc2)CCCC3)cc1. The first-order valence-corrected chi connectivity index (χ1v) is 13.7. The van der Waals surface area contributed by atoms with Crippen molar-refractivity contribution in [2.45, 2.75) is 42.4 Å². The lowest BCUT2D eigenvalue weighted by molar-refractivity contribution is -0.384. The first-order valence-electron chi connectivity index (χ1n) is 12.1. The number of nitrogens with one attached hydrogen (secondary N) is 1. The van der Waals surface area contributed by atoms with Gasteiger partial charge in [-0.05, 0) is 68.5 Å². The average Bonchev–Trinajstić information content (AvgIpc) is 3.28. The molecule has 4 aromatic rings. The van der Waals surface area contributed by atoms with Crippen LogP contribution in [0.1, 0.15) is 44.8 Å². The van der Waals surface area contributed by atoms with E-state index in [1.54, 1.807) is 23.6 Å². The number of fused-ring (bicyclic) bond motifs is 1. The molecule has 0 saturated carbocycles. The summed E-state index contributed by atoms with van der Waals surface area (Å²) in [6.45, 7) is 2.03. The highest BCUT2D eigenvalue weighted by Crippen LogP contribution is 2.41. The number of anilines is 1. The minimum absolute atomic E-state index is 0.00206. The van der Waals surface area contributed by atoms with Crippen LogP contribution in [0.3, 0.4) is 0 Å². The maximum atomic E-state index is 13.4. The van der Waals surface area contributed by atoms with Crippen LogP contribution in [0.4, 0.5) is 16.4 Å². The molecule has 8 heteroatoms. The van der Waals surface area contributed by atoms with Crippen molar-refractivity contribution in [3.8, 4) is 0 Å². The van der Waals surface area contributed by atoms with E-state index in [0.29, 0.717) is 16.1 Å². The number of nitro groups is 1. The van der Waals surface area contributed by atoms with Crippen molar-refractivity contribution in [2.24, 2.45) is 4.99 Å². The highest BCUT2D eigenvalue weighted by atomic mass is 32.2. The minimum atomic E-state index is -0.403. The van der Waals surface area contributed by atoms with Crippen molar-refractivity contribution >= 4 is 51.6 Å². The van der Waals surface area contributed by atoms with Gasteiger partial charge in [0.05, 0.1) is 10.5 Å². The fourth-order valence-corrected chi connectivity index (χ4v) is 6.42. The summed E-state index contributed by atoms with van der Waals surface area (Å²) in [5.41, 5.74) is 4.22. The third kappa shape index (κ3) is 5.81. The summed E-state index contributed by atoms with van der Waals surface area (Å²) in [6.07, 6.45) is 5.58. The van der Waals surface area contributed by atoms with E-state index in [0.717, 1.165) is 52.3 Å². The molecule has 0 spiro atoms. The van der Waals surface area contributed by atoms with E-state index >= 15 is 0 Å². The van der Waals surface area contributed by atoms with Crippen LogP contribution in [0, 0.1) is 17.0 Å². The van der Waals surface area contributed by atoms with Crippen LogP contribution >= 0.6 is 23.1 Å². The quantitative estimate of drug-likeness (QED) is 0.150. The van der Waals surface area contributed by atoms with Gasteiger partial charge in [0.2, 0.25) is 0 Å². The highest BCUT2D eigenvalue weighted by molar-refractivity contribution is 7.99. The number of aryl methyl sites for hydroxylation is 2. The van der Waals surface area contributed by atoms with Gasteiger partial charge in [0.15, 0.2) is 0 Å². The van der Waals surface area contributed by atoms with Crippen molar-refractivity contribution in [2.75, 3.05) is 5.32 Å². The number of carbonyl (C=O) groups is 1. The van der Waals surface area contributed by atoms with Crippen LogP contribution in [-0.2, 0) is 12.8 Å². The molecule has 0 saturated heterocycles. The van der Waals surface area contributed by atoms with Gasteiger partial charge < -0.3 is 5.32 Å². The summed E-state index contributed by atoms with van der Waals surface area (Å²) in [7, 11) is 0. The van der Waals surface area contributed by atoms with Gasteiger partial charge in [-0.2, -0.15) is 0 Å². The molecule has 0 radical (unpaired) electrons. The van der Waals surface area contributed by atoms with Crippen LogP contribution in [0.2, 0.25) is 0 Å². The van der Waals surface area contributed by atoms with Crippen LogP contribution in [0.25, 0.3) is 0 Å². The fourth-order valence-electron chi connectivity index (χ4n) is 4.30. The second kappa shape index (κ2) is 11.1. The van der Waals surface area contributed by atoms with Gasteiger partial charge in [0, 0.05) is 44.3 Å². The summed E-state index contributed by atoms with van der Waals surface area (Å²) < 4.78 is 0. The van der Waals surface area contributed by atoms with Gasteiger partial charge in [-0.3, -0.25) is 14.9 Å². The molecule has 1 aromatic heterocycles. The third-order valence-electron chi connectivity index (χ3n) is 6.19. The van der Waals surface area contributed by atoms with E-state index in [-0.39, 0.29) is 11.6 Å². The van der Waals surface area contributed by atoms with E-state index in [2.05, 4.69) is 5.32 Å². The van der Waals surface area contributed by atoms with Crippen LogP contribution in [0.15, 0.2) is 87.6 Å². The molecule has 6 nitrogen and oxygen atoms in total. The normalized spacial score (nSPS) is 12.9. The van der Waals surface area contributed by atoms with Crippen molar-refractivity contribution in [3.63, 3.8) is 0 Å². The lowest BCUT2D eigenvalue weighted by Gasteiger charge is -2.12. The molecule has 1 aliphatic carbocycles. The van der Waals surface area contributed by atoms with E-state index in [1.807, 2.05) is 61.5 Å². The molecule has 0 fully saturated rings. The fraction of sp³-hybridized carbons (Fsp3) is 0.172. The Morgan fingerprint density at radius 2 is 1.81 bits per heavy atom. The van der Waals surface area contributed by atoms with Gasteiger partial charge in [-0.15, -0.1) is 11.3 Å². The number of benzene rings is 3. The number of amides is 1. The first kappa shape index (κ1) is 24.9. The van der Waals surface area contributed by atoms with Crippen molar-refractivity contribution < 1.29 is 9.72 Å². The topological polar surface area (TPSA) is 84.6 Å². The second-order valence-corrected chi connectivity index (χ2v) is 11.1. The molecule has 186 valence electrons. The number of nitrogens with zero attached hydrogens (tertiary/aromatic N) is 2. The van der Waals surface area contributed by atoms with Crippen molar-refractivity contribution in [1.29, 1.82) is 0 Å². The number of non-ortho nitro benzene ring substituents is 1. The number of thiophene rings is 1. The largest absolute Gasteiger partial charge is 0.322 e. The predicted octanol–water partition coefficient (Wildman–Crippen LogP) is 8.00. The lowest BCUT2D eigenvalue weighted by Crippen LogP contribution is -2.14. The molecule has 37 heavy (non-hydrogen) atoms. The van der Waals surface area contributed by atoms with Crippen LogP contribution in [0.5, 0.6) is 0 Å². The average molecular weight is 528 g/mol. The van der Waals surface area contributed by atoms with Crippen LogP contribution in [-0.4, -0.2) is 17.0 Å². The Morgan fingerprint density at radius 3 is 2.57 bits per heavy atom. The molecule has 0 aliphatic heterocycles. The van der Waals surface area contributed by atoms with Crippen LogP contribution < -0.4 is 5.32 Å². The molecule has 1 amide bonds. The Morgan fingerprint density at radius 1 is 1.05 bits per heavy atom. The molecular formula is C29H25N3O3S2. The predicted molar refractivity (Wildman–Crippen MR) is 151 cm³/mol. The van der Waals surface area contributed by atoms with Crippen molar-refractivity contribution in [1.82, 2.24) is 0 Å². The molecule has 1 aliphatic rings. The number of hydrogen-bond acceptors (Lipinski definition) is 6. The molecule has 1 heterocycles. The number of aliphatic imine (C=N–C) groups is 1. The van der Waals surface area contributed by atoms with Gasteiger partial charge in [-0.25, -0.2) is 4.99 Å². The molecule has 0 bridgehead atoms. The second-order valence-electron chi connectivity index (χ2n) is 8.86. The lowest BCUT2D eigenvalue weighted by atomic mass is 9.95. The van der Waals surface area contributed by atoms with Gasteiger partial charge in [0.1, 0.15) is 5.00 Å². The number of hydrogen-bond donors (Lipinski definition) is 1. The number of para-hydroxylation sites is 1. The molecule has 0 unspecified atom stereocenters. The van der Waals surface area contributed by atoms with Gasteiger partial charge >= 0.3 is 0 Å². The maximum Gasteiger partial charge on any atom is 0.270 e. The Labute approximate surface area is 223 Å². The maximum absolute atomic E-state index is 13.4. The standard InChI is InChI=1S/C29H25N3O3S2/c1-19-11-14-23(15-12-19)36-25-16-13-22(32(34)35)17-20(25)18-30-29-27(24-9-5-6-10-26(24)37-29)28(33)31-21-7-3-2-4-8-21/h2-4,7-8,11-18H,5-6,9-10H2,1H3,(H,31,33). The molecular weight excluding hydrogens is 502 g/mol. The molecule has 0 atom stereocenters. The van der Waals surface area contributed by atoms with Gasteiger partial charge in [0.25, 0.3) is 11.6 Å². The number of carbonyl (C=O) groups excluding carboxylic acids is 1. The Kier molecular flexibility index (Phi) is 7.48.